The van der Waals surface area contributed by atoms with E-state index in [0.29, 0.717) is 5.03 Å². The van der Waals surface area contributed by atoms with E-state index in [9.17, 15) is 4.79 Å². The van der Waals surface area contributed by atoms with Crippen LogP contribution in [0.5, 0.6) is 0 Å². The lowest BCUT2D eigenvalue weighted by Crippen LogP contribution is -1.96. The molecule has 0 aromatic carbocycles. The fourth-order valence-corrected chi connectivity index (χ4v) is 2.12. The summed E-state index contributed by atoms with van der Waals surface area (Å²) in [5, 5.41) is 10.2. The van der Waals surface area contributed by atoms with Crippen molar-refractivity contribution in [1.29, 1.82) is 0 Å². The molecule has 86 valence electrons. The molecule has 0 aliphatic rings. The van der Waals surface area contributed by atoms with Gasteiger partial charge in [-0.3, -0.25) is 0 Å². The van der Waals surface area contributed by atoms with Crippen molar-refractivity contribution in [2.24, 2.45) is 0 Å². The number of nitrogens with zero attached hydrogens (tertiary/aromatic N) is 2. The predicted octanol–water partition coefficient (Wildman–Crippen LogP) is 3.09. The highest BCUT2D eigenvalue weighted by molar-refractivity contribution is 9.10. The summed E-state index contributed by atoms with van der Waals surface area (Å²) in [6.07, 6.45) is 3.16. The number of hydrogen-bond donors (Lipinski definition) is 1. The Morgan fingerprint density at radius 1 is 1.24 bits per heavy atom. The van der Waals surface area contributed by atoms with E-state index in [0.717, 1.165) is 9.50 Å². The maximum Gasteiger partial charge on any atom is 0.335 e. The Balaban J connectivity index is 2.21. The molecular weight excluding hydrogens is 304 g/mol. The molecule has 17 heavy (non-hydrogen) atoms. The first-order valence-corrected chi connectivity index (χ1v) is 6.25. The minimum absolute atomic E-state index is 0.222. The van der Waals surface area contributed by atoms with Crippen LogP contribution in [0, 0.1) is 0 Å². The van der Waals surface area contributed by atoms with Crippen LogP contribution in [0.2, 0.25) is 0 Å². The molecule has 0 fully saturated rings. The average molecular weight is 311 g/mol. The fraction of sp³-hybridized carbons (Fsp3) is 0. The lowest BCUT2D eigenvalue weighted by Gasteiger charge is -2.01. The Kier molecular flexibility index (Phi) is 3.75. The van der Waals surface area contributed by atoms with E-state index in [2.05, 4.69) is 25.9 Å². The molecule has 0 bridgehead atoms. The van der Waals surface area contributed by atoms with E-state index < -0.39 is 5.97 Å². The number of carboxylic acid groups (broad SMARTS) is 1. The van der Waals surface area contributed by atoms with Crippen LogP contribution >= 0.6 is 27.7 Å². The van der Waals surface area contributed by atoms with E-state index in [4.69, 9.17) is 5.11 Å². The van der Waals surface area contributed by atoms with Gasteiger partial charge in [0.25, 0.3) is 0 Å². The molecule has 0 radical (unpaired) electrons. The molecule has 2 rings (SSSR count). The van der Waals surface area contributed by atoms with Gasteiger partial charge in [-0.1, -0.05) is 11.8 Å². The maximum absolute atomic E-state index is 10.8. The van der Waals surface area contributed by atoms with Gasteiger partial charge in [-0.2, -0.15) is 0 Å². The van der Waals surface area contributed by atoms with Crippen LogP contribution in [0.15, 0.2) is 51.2 Å². The standard InChI is InChI=1S/C11H7BrN2O2S/c12-8-1-2-9(14-6-8)17-10-5-7(11(15)16)3-4-13-10/h1-6H,(H,15,16). The molecule has 4 nitrogen and oxygen atoms in total. The molecule has 0 atom stereocenters. The first kappa shape index (κ1) is 12.1. The zero-order valence-corrected chi connectivity index (χ0v) is 10.9. The summed E-state index contributed by atoms with van der Waals surface area (Å²) in [5.41, 5.74) is 0.222. The van der Waals surface area contributed by atoms with Gasteiger partial charge < -0.3 is 5.11 Å². The number of carboxylic acids is 1. The lowest BCUT2D eigenvalue weighted by molar-refractivity contribution is 0.0696. The maximum atomic E-state index is 10.8. The molecule has 0 spiro atoms. The summed E-state index contributed by atoms with van der Waals surface area (Å²) in [6, 6.07) is 6.69. The van der Waals surface area contributed by atoms with Crippen molar-refractivity contribution in [2.75, 3.05) is 0 Å². The molecule has 6 heteroatoms. The average Bonchev–Trinajstić information content (AvgIpc) is 2.32. The molecule has 0 amide bonds. The molecule has 0 unspecified atom stereocenters. The summed E-state index contributed by atoms with van der Waals surface area (Å²) in [6.45, 7) is 0. The first-order chi connectivity index (χ1) is 8.15. The summed E-state index contributed by atoms with van der Waals surface area (Å²) >= 11 is 4.62. The molecule has 0 saturated carbocycles. The zero-order valence-electron chi connectivity index (χ0n) is 8.50. The summed E-state index contributed by atoms with van der Waals surface area (Å²) in [4.78, 5) is 19.1. The normalized spacial score (nSPS) is 10.2. The highest BCUT2D eigenvalue weighted by Gasteiger charge is 2.06. The van der Waals surface area contributed by atoms with Gasteiger partial charge >= 0.3 is 5.97 Å². The molecule has 0 aliphatic carbocycles. The van der Waals surface area contributed by atoms with Crippen molar-refractivity contribution < 1.29 is 9.90 Å². The van der Waals surface area contributed by atoms with Gasteiger partial charge in [0.2, 0.25) is 0 Å². The quantitative estimate of drug-likeness (QED) is 0.944. The van der Waals surface area contributed by atoms with Gasteiger partial charge in [-0.05, 0) is 40.2 Å². The molecule has 2 heterocycles. The molecule has 2 aromatic rings. The number of carbonyl (C=O) groups is 1. The van der Waals surface area contributed by atoms with Crippen molar-refractivity contribution in [3.8, 4) is 0 Å². The highest BCUT2D eigenvalue weighted by atomic mass is 79.9. The number of aromatic nitrogens is 2. The number of rotatable bonds is 3. The van der Waals surface area contributed by atoms with Gasteiger partial charge in [0.05, 0.1) is 5.56 Å². The Morgan fingerprint density at radius 2 is 2.06 bits per heavy atom. The minimum Gasteiger partial charge on any atom is -0.478 e. The van der Waals surface area contributed by atoms with Gasteiger partial charge in [-0.15, -0.1) is 0 Å². The van der Waals surface area contributed by atoms with Crippen LogP contribution in [0.1, 0.15) is 10.4 Å². The van der Waals surface area contributed by atoms with Crippen molar-refractivity contribution in [3.05, 3.63) is 46.7 Å². The second kappa shape index (κ2) is 5.29. The van der Waals surface area contributed by atoms with Crippen molar-refractivity contribution in [1.82, 2.24) is 9.97 Å². The third kappa shape index (κ3) is 3.28. The number of aromatic carboxylic acids is 1. The van der Waals surface area contributed by atoms with E-state index in [1.807, 2.05) is 12.1 Å². The zero-order chi connectivity index (χ0) is 12.3. The van der Waals surface area contributed by atoms with Crippen molar-refractivity contribution in [3.63, 3.8) is 0 Å². The molecule has 0 aliphatic heterocycles. The Hall–Kier alpha value is -1.40. The molecule has 0 saturated heterocycles. The largest absolute Gasteiger partial charge is 0.478 e. The van der Waals surface area contributed by atoms with Crippen LogP contribution in [0.25, 0.3) is 0 Å². The molecule has 1 N–H and O–H groups in total. The third-order valence-corrected chi connectivity index (χ3v) is 3.24. The number of halogens is 1. The van der Waals surface area contributed by atoms with E-state index in [1.54, 1.807) is 6.20 Å². The Morgan fingerprint density at radius 3 is 2.71 bits per heavy atom. The Labute approximate surface area is 110 Å². The minimum atomic E-state index is -0.960. The smallest absolute Gasteiger partial charge is 0.335 e. The SMILES string of the molecule is O=C(O)c1ccnc(Sc2ccc(Br)cn2)c1. The summed E-state index contributed by atoms with van der Waals surface area (Å²) in [5.74, 6) is -0.960. The first-order valence-electron chi connectivity index (χ1n) is 4.64. The van der Waals surface area contributed by atoms with Crippen LogP contribution in [0.4, 0.5) is 0 Å². The summed E-state index contributed by atoms with van der Waals surface area (Å²) in [7, 11) is 0. The molecule has 2 aromatic heterocycles. The predicted molar refractivity (Wildman–Crippen MR) is 67.3 cm³/mol. The van der Waals surface area contributed by atoms with Crippen LogP contribution < -0.4 is 0 Å². The van der Waals surface area contributed by atoms with E-state index in [-0.39, 0.29) is 5.56 Å². The number of pyridine rings is 2. The monoisotopic (exact) mass is 310 g/mol. The topological polar surface area (TPSA) is 63.1 Å². The second-order valence-electron chi connectivity index (χ2n) is 3.10. The second-order valence-corrected chi connectivity index (χ2v) is 5.06. The van der Waals surface area contributed by atoms with E-state index in [1.165, 1.54) is 30.1 Å². The van der Waals surface area contributed by atoms with Crippen LogP contribution in [-0.4, -0.2) is 21.0 Å². The van der Waals surface area contributed by atoms with Gasteiger partial charge in [0, 0.05) is 16.9 Å². The number of hydrogen-bond acceptors (Lipinski definition) is 4. The Bertz CT molecular complexity index is 545. The van der Waals surface area contributed by atoms with Crippen molar-refractivity contribution in [2.45, 2.75) is 10.1 Å². The molecular formula is C11H7BrN2O2S. The van der Waals surface area contributed by atoms with Crippen LogP contribution in [-0.2, 0) is 0 Å². The van der Waals surface area contributed by atoms with Crippen LogP contribution in [0.3, 0.4) is 0 Å². The van der Waals surface area contributed by atoms with Gasteiger partial charge in [0.15, 0.2) is 0 Å². The third-order valence-electron chi connectivity index (χ3n) is 1.89. The fourth-order valence-electron chi connectivity index (χ4n) is 1.13. The van der Waals surface area contributed by atoms with E-state index >= 15 is 0 Å². The van der Waals surface area contributed by atoms with Gasteiger partial charge in [-0.25, -0.2) is 14.8 Å². The summed E-state index contributed by atoms with van der Waals surface area (Å²) < 4.78 is 0.897. The van der Waals surface area contributed by atoms with Crippen molar-refractivity contribution >= 4 is 33.7 Å². The lowest BCUT2D eigenvalue weighted by atomic mass is 10.3. The van der Waals surface area contributed by atoms with Gasteiger partial charge in [0.1, 0.15) is 10.1 Å². The highest BCUT2D eigenvalue weighted by Crippen LogP contribution is 2.25.